The average Bonchev–Trinajstić information content (AvgIpc) is 3.45. The number of aliphatic hydroxyl groups is 1. The first kappa shape index (κ1) is 22.5. The van der Waals surface area contributed by atoms with Crippen LogP contribution in [0.2, 0.25) is 5.02 Å². The topological polar surface area (TPSA) is 89.2 Å². The summed E-state index contributed by atoms with van der Waals surface area (Å²) in [5.74, 6) is -0.616. The van der Waals surface area contributed by atoms with Crippen molar-refractivity contribution in [2.24, 2.45) is 0 Å². The lowest BCUT2D eigenvalue weighted by molar-refractivity contribution is -0.129. The molecule has 1 unspecified atom stereocenters. The van der Waals surface area contributed by atoms with Crippen LogP contribution in [0.5, 0.6) is 11.5 Å². The van der Waals surface area contributed by atoms with Crippen LogP contribution in [0, 0.1) is 0 Å². The molecule has 170 valence electrons. The molecule has 0 spiro atoms. The molecule has 2 heterocycles. The van der Waals surface area contributed by atoms with E-state index in [2.05, 4.69) is 0 Å². The normalized spacial score (nSPS) is 15.8. The first-order valence-electron chi connectivity index (χ1n) is 10.2. The highest BCUT2D eigenvalue weighted by Gasteiger charge is 2.44. The number of hydrogen-bond acceptors (Lipinski definition) is 6. The highest BCUT2D eigenvalue weighted by molar-refractivity contribution is 6.31. The van der Waals surface area contributed by atoms with E-state index in [0.717, 1.165) is 5.56 Å². The van der Waals surface area contributed by atoms with Gasteiger partial charge in [0.05, 0.1) is 32.1 Å². The second-order valence-electron chi connectivity index (χ2n) is 7.43. The number of rotatable bonds is 8. The summed E-state index contributed by atoms with van der Waals surface area (Å²) in [5, 5.41) is 11.1. The van der Waals surface area contributed by atoms with E-state index in [1.807, 2.05) is 12.1 Å². The summed E-state index contributed by atoms with van der Waals surface area (Å²) in [4.78, 5) is 27.7. The third-order valence-electron chi connectivity index (χ3n) is 5.58. The van der Waals surface area contributed by atoms with Crippen molar-refractivity contribution in [3.05, 3.63) is 94.1 Å². The van der Waals surface area contributed by atoms with Crippen LogP contribution in [0.1, 0.15) is 27.7 Å². The van der Waals surface area contributed by atoms with Gasteiger partial charge in [-0.15, -0.1) is 0 Å². The molecule has 0 saturated carbocycles. The maximum atomic E-state index is 13.2. The molecule has 0 saturated heterocycles. The zero-order valence-electron chi connectivity index (χ0n) is 18.1. The largest absolute Gasteiger partial charge is 0.503 e. The minimum atomic E-state index is -0.857. The molecule has 0 radical (unpaired) electrons. The lowest BCUT2D eigenvalue weighted by Gasteiger charge is -2.27. The van der Waals surface area contributed by atoms with E-state index in [0.29, 0.717) is 28.5 Å². The van der Waals surface area contributed by atoms with E-state index < -0.39 is 23.5 Å². The molecular formula is C25H22ClNO6. The summed E-state index contributed by atoms with van der Waals surface area (Å²) in [6.07, 6.45) is 1.81. The zero-order valence-corrected chi connectivity index (χ0v) is 18.8. The van der Waals surface area contributed by atoms with Gasteiger partial charge in [-0.25, -0.2) is 0 Å². The molecular weight excluding hydrogens is 446 g/mol. The molecule has 1 aliphatic rings. The minimum Gasteiger partial charge on any atom is -0.503 e. The number of aliphatic hydroxyl groups excluding tert-OH is 1. The Morgan fingerprint density at radius 2 is 1.85 bits per heavy atom. The van der Waals surface area contributed by atoms with Crippen LogP contribution < -0.4 is 9.47 Å². The molecule has 0 aliphatic carbocycles. The van der Waals surface area contributed by atoms with Crippen molar-refractivity contribution in [2.45, 2.75) is 12.5 Å². The predicted octanol–water partition coefficient (Wildman–Crippen LogP) is 4.77. The number of carbonyl (C=O) groups is 2. The van der Waals surface area contributed by atoms with Crippen LogP contribution in [0.3, 0.4) is 0 Å². The first-order chi connectivity index (χ1) is 16.0. The van der Waals surface area contributed by atoms with E-state index in [9.17, 15) is 14.7 Å². The Labute approximate surface area is 195 Å². The highest BCUT2D eigenvalue weighted by atomic mass is 35.5. The van der Waals surface area contributed by atoms with Gasteiger partial charge in [-0.2, -0.15) is 0 Å². The van der Waals surface area contributed by atoms with Crippen LogP contribution in [-0.2, 0) is 11.2 Å². The molecule has 2 aromatic carbocycles. The van der Waals surface area contributed by atoms with Crippen molar-refractivity contribution in [2.75, 3.05) is 20.8 Å². The Bertz CT molecular complexity index is 1220. The van der Waals surface area contributed by atoms with Gasteiger partial charge in [-0.3, -0.25) is 9.59 Å². The summed E-state index contributed by atoms with van der Waals surface area (Å²) in [5.41, 5.74) is 1.37. The molecule has 8 heteroatoms. The van der Waals surface area contributed by atoms with E-state index >= 15 is 0 Å². The molecule has 33 heavy (non-hydrogen) atoms. The number of Topliss-reactive ketones (excluding diaryl/α,β-unsaturated/α-hetero) is 1. The highest BCUT2D eigenvalue weighted by Crippen LogP contribution is 2.41. The smallest absolute Gasteiger partial charge is 0.290 e. The number of furan rings is 1. The van der Waals surface area contributed by atoms with Crippen molar-refractivity contribution >= 4 is 23.3 Å². The Morgan fingerprint density at radius 1 is 1.09 bits per heavy atom. The second kappa shape index (κ2) is 9.42. The molecule has 1 N–H and O–H groups in total. The molecule has 0 fully saturated rings. The number of hydrogen-bond donors (Lipinski definition) is 1. The third kappa shape index (κ3) is 4.19. The number of carbonyl (C=O) groups excluding carboxylic acids is 2. The molecule has 1 amide bonds. The van der Waals surface area contributed by atoms with Crippen LogP contribution in [0.4, 0.5) is 0 Å². The van der Waals surface area contributed by atoms with Gasteiger partial charge in [-0.1, -0.05) is 35.9 Å². The minimum absolute atomic E-state index is 0.0307. The summed E-state index contributed by atoms with van der Waals surface area (Å²) >= 11 is 6.44. The summed E-state index contributed by atoms with van der Waals surface area (Å²) < 4.78 is 15.9. The van der Waals surface area contributed by atoms with Gasteiger partial charge in [0.2, 0.25) is 5.78 Å². The van der Waals surface area contributed by atoms with Crippen LogP contribution >= 0.6 is 11.6 Å². The lowest BCUT2D eigenvalue weighted by atomic mass is 9.95. The third-order valence-corrected chi connectivity index (χ3v) is 5.93. The van der Waals surface area contributed by atoms with Gasteiger partial charge >= 0.3 is 0 Å². The van der Waals surface area contributed by atoms with Gasteiger partial charge in [0.15, 0.2) is 23.0 Å². The Morgan fingerprint density at radius 3 is 2.52 bits per heavy atom. The Hall–Kier alpha value is -3.71. The fourth-order valence-electron chi connectivity index (χ4n) is 3.96. The fourth-order valence-corrected chi connectivity index (χ4v) is 4.20. The van der Waals surface area contributed by atoms with Crippen LogP contribution in [0.15, 0.2) is 76.6 Å². The second-order valence-corrected chi connectivity index (χ2v) is 7.84. The number of halogens is 1. The number of ether oxygens (including phenoxy) is 2. The van der Waals surface area contributed by atoms with Crippen LogP contribution in [0.25, 0.3) is 0 Å². The van der Waals surface area contributed by atoms with Gasteiger partial charge in [0, 0.05) is 11.6 Å². The van der Waals surface area contributed by atoms with Gasteiger partial charge in [-0.05, 0) is 47.9 Å². The number of nitrogens with zero attached hydrogens (tertiary/aromatic N) is 1. The van der Waals surface area contributed by atoms with Crippen molar-refractivity contribution in [1.82, 2.24) is 4.90 Å². The average molecular weight is 468 g/mol. The summed E-state index contributed by atoms with van der Waals surface area (Å²) in [7, 11) is 3.11. The molecule has 1 aliphatic heterocycles. The quantitative estimate of drug-likeness (QED) is 0.480. The Balaban J connectivity index is 1.69. The maximum absolute atomic E-state index is 13.2. The summed E-state index contributed by atoms with van der Waals surface area (Å²) in [6, 6.07) is 14.6. The van der Waals surface area contributed by atoms with Gasteiger partial charge in [0.1, 0.15) is 0 Å². The number of amides is 1. The molecule has 4 rings (SSSR count). The lowest BCUT2D eigenvalue weighted by Crippen LogP contribution is -2.33. The van der Waals surface area contributed by atoms with Crippen molar-refractivity contribution < 1.29 is 28.6 Å². The zero-order chi connectivity index (χ0) is 23.5. The molecule has 1 aromatic heterocycles. The summed E-state index contributed by atoms with van der Waals surface area (Å²) in [6.45, 7) is 0.225. The van der Waals surface area contributed by atoms with Gasteiger partial charge < -0.3 is 23.9 Å². The fraction of sp³-hybridized carbons (Fsp3) is 0.200. The molecule has 7 nitrogen and oxygen atoms in total. The number of methoxy groups -OCH3 is 2. The SMILES string of the molecule is COc1ccc(CCN2C(=O)C(O)=C(C(=O)c3ccco3)C2c2ccccc2Cl)cc1OC. The first-order valence-corrected chi connectivity index (χ1v) is 10.6. The van der Waals surface area contributed by atoms with E-state index in [4.69, 9.17) is 25.5 Å². The van der Waals surface area contributed by atoms with Crippen LogP contribution in [-0.4, -0.2) is 42.5 Å². The monoisotopic (exact) mass is 467 g/mol. The number of benzene rings is 2. The number of ketones is 1. The van der Waals surface area contributed by atoms with Crippen molar-refractivity contribution in [3.63, 3.8) is 0 Å². The molecule has 1 atom stereocenters. The van der Waals surface area contributed by atoms with E-state index in [1.54, 1.807) is 50.6 Å². The van der Waals surface area contributed by atoms with Gasteiger partial charge in [0.25, 0.3) is 5.91 Å². The Kier molecular flexibility index (Phi) is 6.42. The molecule has 0 bridgehead atoms. The van der Waals surface area contributed by atoms with E-state index in [1.165, 1.54) is 17.2 Å². The van der Waals surface area contributed by atoms with Crippen molar-refractivity contribution in [1.29, 1.82) is 0 Å². The standard InChI is InChI=1S/C25H22ClNO6/c1-31-18-10-9-15(14-20(18)32-2)11-12-27-22(16-6-3-4-7-17(16)26)21(24(29)25(27)30)23(28)19-8-5-13-33-19/h3-10,13-14,22,29H,11-12H2,1-2H3. The van der Waals surface area contributed by atoms with Crippen molar-refractivity contribution in [3.8, 4) is 11.5 Å². The predicted molar refractivity (Wildman–Crippen MR) is 122 cm³/mol. The molecule has 3 aromatic rings. The maximum Gasteiger partial charge on any atom is 0.290 e. The van der Waals surface area contributed by atoms with E-state index in [-0.39, 0.29) is 17.9 Å².